The molecule has 1 aromatic carbocycles. The molecule has 0 aliphatic heterocycles. The van der Waals surface area contributed by atoms with Crippen molar-refractivity contribution < 1.29 is 14.3 Å². The van der Waals surface area contributed by atoms with Gasteiger partial charge < -0.3 is 15.0 Å². The first-order valence-electron chi connectivity index (χ1n) is 10.3. The molecule has 3 aromatic rings. The number of hydrogen-bond donors (Lipinski definition) is 1. The fourth-order valence-electron chi connectivity index (χ4n) is 3.13. The highest BCUT2D eigenvalue weighted by atomic mass is 16.6. The van der Waals surface area contributed by atoms with Crippen molar-refractivity contribution in [1.82, 2.24) is 20.2 Å². The highest BCUT2D eigenvalue weighted by molar-refractivity contribution is 6.05. The number of benzene rings is 1. The zero-order valence-electron chi connectivity index (χ0n) is 18.2. The summed E-state index contributed by atoms with van der Waals surface area (Å²) in [5.74, 6) is -0.180. The van der Waals surface area contributed by atoms with Crippen LogP contribution in [0.25, 0.3) is 10.9 Å². The van der Waals surface area contributed by atoms with E-state index in [1.807, 2.05) is 57.2 Å². The summed E-state index contributed by atoms with van der Waals surface area (Å²) in [5, 5.41) is 3.85. The molecule has 0 unspecified atom stereocenters. The Morgan fingerprint density at radius 2 is 1.84 bits per heavy atom. The minimum atomic E-state index is -0.583. The second kappa shape index (κ2) is 10.0. The molecule has 0 saturated heterocycles. The Balaban J connectivity index is 1.59. The number of fused-ring (bicyclic) bond motifs is 1. The number of carbonyl (C=O) groups excluding carboxylic acids is 2. The van der Waals surface area contributed by atoms with Crippen LogP contribution in [0, 0.1) is 0 Å². The number of nitrogens with zero attached hydrogens (tertiary/aromatic N) is 3. The predicted octanol–water partition coefficient (Wildman–Crippen LogP) is 4.19. The van der Waals surface area contributed by atoms with Gasteiger partial charge in [0.15, 0.2) is 0 Å². The van der Waals surface area contributed by atoms with Crippen LogP contribution in [0.1, 0.15) is 43.1 Å². The van der Waals surface area contributed by atoms with Crippen LogP contribution in [-0.4, -0.2) is 45.6 Å². The molecule has 2 aromatic heterocycles. The molecule has 31 heavy (non-hydrogen) atoms. The number of hydrogen-bond acceptors (Lipinski definition) is 5. The number of para-hydroxylation sites is 1. The highest BCUT2D eigenvalue weighted by Crippen LogP contribution is 2.16. The van der Waals surface area contributed by atoms with E-state index in [1.165, 1.54) is 0 Å². The van der Waals surface area contributed by atoms with Gasteiger partial charge in [-0.1, -0.05) is 24.3 Å². The third kappa shape index (κ3) is 6.50. The first-order valence-corrected chi connectivity index (χ1v) is 10.3. The zero-order valence-corrected chi connectivity index (χ0v) is 18.2. The summed E-state index contributed by atoms with van der Waals surface area (Å²) in [4.78, 5) is 35.4. The Morgan fingerprint density at radius 3 is 2.58 bits per heavy atom. The van der Waals surface area contributed by atoms with Gasteiger partial charge in [-0.25, -0.2) is 4.79 Å². The van der Waals surface area contributed by atoms with E-state index in [-0.39, 0.29) is 12.0 Å². The van der Waals surface area contributed by atoms with Crippen LogP contribution in [0.5, 0.6) is 0 Å². The molecule has 0 saturated carbocycles. The summed E-state index contributed by atoms with van der Waals surface area (Å²) < 4.78 is 5.54. The van der Waals surface area contributed by atoms with E-state index in [9.17, 15) is 9.59 Å². The molecule has 2 amide bonds. The first kappa shape index (κ1) is 22.2. The van der Waals surface area contributed by atoms with Gasteiger partial charge in [-0.3, -0.25) is 14.8 Å². The Bertz CT molecular complexity index is 1030. The molecular formula is C24H28N4O3. The number of ether oxygens (including phenoxy) is 1. The van der Waals surface area contributed by atoms with E-state index >= 15 is 0 Å². The molecule has 0 bridgehead atoms. The van der Waals surface area contributed by atoms with Crippen molar-refractivity contribution in [3.8, 4) is 0 Å². The fraction of sp³-hybridized carbons (Fsp3) is 0.333. The molecule has 162 valence electrons. The molecule has 0 aliphatic carbocycles. The van der Waals surface area contributed by atoms with Crippen molar-refractivity contribution in [1.29, 1.82) is 0 Å². The summed E-state index contributed by atoms with van der Waals surface area (Å²) in [6.45, 7) is 6.78. The quantitative estimate of drug-likeness (QED) is 0.580. The van der Waals surface area contributed by atoms with Crippen molar-refractivity contribution in [2.24, 2.45) is 0 Å². The van der Waals surface area contributed by atoms with E-state index in [4.69, 9.17) is 4.74 Å². The monoisotopic (exact) mass is 420 g/mol. The normalized spacial score (nSPS) is 11.2. The van der Waals surface area contributed by atoms with Crippen LogP contribution < -0.4 is 5.32 Å². The number of pyridine rings is 2. The average molecular weight is 421 g/mol. The van der Waals surface area contributed by atoms with Gasteiger partial charge in [0.1, 0.15) is 5.60 Å². The molecular weight excluding hydrogens is 392 g/mol. The Morgan fingerprint density at radius 1 is 1.06 bits per heavy atom. The van der Waals surface area contributed by atoms with E-state index in [1.54, 1.807) is 29.6 Å². The maximum atomic E-state index is 12.7. The van der Waals surface area contributed by atoms with Crippen LogP contribution >= 0.6 is 0 Å². The van der Waals surface area contributed by atoms with E-state index in [0.717, 1.165) is 10.9 Å². The molecule has 0 atom stereocenters. The van der Waals surface area contributed by atoms with Crippen molar-refractivity contribution in [3.05, 3.63) is 72.2 Å². The molecule has 2 heterocycles. The van der Waals surface area contributed by atoms with Crippen LogP contribution in [-0.2, 0) is 11.3 Å². The molecule has 0 aliphatic rings. The van der Waals surface area contributed by atoms with E-state index in [2.05, 4.69) is 15.3 Å². The number of nitrogens with one attached hydrogen (secondary N) is 1. The van der Waals surface area contributed by atoms with E-state index in [0.29, 0.717) is 37.1 Å². The maximum Gasteiger partial charge on any atom is 0.410 e. The number of amides is 2. The summed E-state index contributed by atoms with van der Waals surface area (Å²) >= 11 is 0. The highest BCUT2D eigenvalue weighted by Gasteiger charge is 2.22. The minimum Gasteiger partial charge on any atom is -0.444 e. The smallest absolute Gasteiger partial charge is 0.410 e. The van der Waals surface area contributed by atoms with Crippen LogP contribution in [0.2, 0.25) is 0 Å². The number of rotatable bonds is 7. The van der Waals surface area contributed by atoms with Crippen molar-refractivity contribution in [2.45, 2.75) is 39.3 Å². The SMILES string of the molecule is CC(C)(C)OC(=O)N(CCCNC(=O)c1cccc2cccnc12)Cc1cccnc1. The topological polar surface area (TPSA) is 84.4 Å². The van der Waals surface area contributed by atoms with Gasteiger partial charge in [-0.2, -0.15) is 0 Å². The molecule has 7 nitrogen and oxygen atoms in total. The second-order valence-electron chi connectivity index (χ2n) is 8.25. The van der Waals surface area contributed by atoms with Gasteiger partial charge in [-0.05, 0) is 51.0 Å². The van der Waals surface area contributed by atoms with Crippen LogP contribution in [0.4, 0.5) is 4.79 Å². The molecule has 0 radical (unpaired) electrons. The maximum absolute atomic E-state index is 12.7. The summed E-state index contributed by atoms with van der Waals surface area (Å²) in [6, 6.07) is 13.1. The van der Waals surface area contributed by atoms with Gasteiger partial charge >= 0.3 is 6.09 Å². The minimum absolute atomic E-state index is 0.180. The van der Waals surface area contributed by atoms with Crippen molar-refractivity contribution in [3.63, 3.8) is 0 Å². The second-order valence-corrected chi connectivity index (χ2v) is 8.25. The van der Waals surface area contributed by atoms with Crippen LogP contribution in [0.15, 0.2) is 61.1 Å². The molecule has 3 rings (SSSR count). The number of carbonyl (C=O) groups is 2. The Labute approximate surface area is 182 Å². The van der Waals surface area contributed by atoms with Crippen molar-refractivity contribution >= 4 is 22.9 Å². The van der Waals surface area contributed by atoms with Gasteiger partial charge in [0.25, 0.3) is 5.91 Å². The van der Waals surface area contributed by atoms with Gasteiger partial charge in [0.05, 0.1) is 17.6 Å². The summed E-state index contributed by atoms with van der Waals surface area (Å²) in [6.07, 6.45) is 5.30. The molecule has 0 spiro atoms. The molecule has 0 fully saturated rings. The lowest BCUT2D eigenvalue weighted by Gasteiger charge is -2.27. The summed E-state index contributed by atoms with van der Waals surface area (Å²) in [7, 11) is 0. The summed E-state index contributed by atoms with van der Waals surface area (Å²) in [5.41, 5.74) is 1.55. The Kier molecular flexibility index (Phi) is 7.18. The lowest BCUT2D eigenvalue weighted by atomic mass is 10.1. The van der Waals surface area contributed by atoms with Gasteiger partial charge in [0, 0.05) is 37.1 Å². The third-order valence-corrected chi connectivity index (χ3v) is 4.52. The first-order chi connectivity index (χ1) is 14.8. The average Bonchev–Trinajstić information content (AvgIpc) is 2.74. The fourth-order valence-corrected chi connectivity index (χ4v) is 3.13. The molecule has 1 N–H and O–H groups in total. The van der Waals surface area contributed by atoms with Crippen LogP contribution in [0.3, 0.4) is 0 Å². The Hall–Kier alpha value is -3.48. The number of aromatic nitrogens is 2. The van der Waals surface area contributed by atoms with E-state index < -0.39 is 5.60 Å². The third-order valence-electron chi connectivity index (χ3n) is 4.52. The largest absolute Gasteiger partial charge is 0.444 e. The lowest BCUT2D eigenvalue weighted by Crippen LogP contribution is -2.38. The van der Waals surface area contributed by atoms with Crippen molar-refractivity contribution in [2.75, 3.05) is 13.1 Å². The van der Waals surface area contributed by atoms with Gasteiger partial charge in [0.2, 0.25) is 0 Å². The standard InChI is InChI=1S/C24H28N4O3/c1-24(2,3)31-23(30)28(17-18-8-5-12-25-16-18)15-7-14-27-22(29)20-11-4-9-19-10-6-13-26-21(19)20/h4-6,8-13,16H,7,14-15,17H2,1-3H3,(H,27,29). The molecule has 7 heteroatoms. The predicted molar refractivity (Wildman–Crippen MR) is 120 cm³/mol. The zero-order chi connectivity index (χ0) is 22.3. The lowest BCUT2D eigenvalue weighted by molar-refractivity contribution is 0.0232. The van der Waals surface area contributed by atoms with Gasteiger partial charge in [-0.15, -0.1) is 0 Å².